The van der Waals surface area contributed by atoms with Gasteiger partial charge >= 0.3 is 103 Å². The van der Waals surface area contributed by atoms with Crippen LogP contribution in [0, 0.1) is 13.8 Å². The van der Waals surface area contributed by atoms with Crippen LogP contribution in [0.2, 0.25) is 0 Å². The molecule has 0 spiro atoms. The summed E-state index contributed by atoms with van der Waals surface area (Å²) < 4.78 is 11.8. The van der Waals surface area contributed by atoms with E-state index in [2.05, 4.69) is 10.3 Å². The van der Waals surface area contributed by atoms with Gasteiger partial charge in [-0.3, -0.25) is 0 Å². The minimum absolute atomic E-state index is 0.186. The van der Waals surface area contributed by atoms with Crippen molar-refractivity contribution in [3.63, 3.8) is 0 Å². The molecule has 0 saturated heterocycles. The summed E-state index contributed by atoms with van der Waals surface area (Å²) in [5.74, 6) is 0.819. The summed E-state index contributed by atoms with van der Waals surface area (Å²) in [6, 6.07) is 0. The van der Waals surface area contributed by atoms with E-state index in [-0.39, 0.29) is 26.3 Å². The fourth-order valence-corrected chi connectivity index (χ4v) is 8.79. The van der Waals surface area contributed by atoms with Crippen LogP contribution < -0.4 is 20.4 Å². The molecule has 0 unspecified atom stereocenters. The zero-order valence-corrected chi connectivity index (χ0v) is 12.1. The molecule has 2 rings (SSSR count). The maximum absolute atomic E-state index is 5.68. The minimum atomic E-state index is 0.186. The number of nitrogen functional groups attached to an aromatic ring is 2. The fourth-order valence-electron chi connectivity index (χ4n) is 1.04. The molecule has 86 valence electrons. The van der Waals surface area contributed by atoms with Crippen LogP contribution in [0.4, 0.5) is 11.8 Å². The molecule has 0 fully saturated rings. The molecule has 0 aliphatic heterocycles. The second-order valence-corrected chi connectivity index (χ2v) is 9.14. The SMILES string of the molecule is Cc1noc(N)c1[Se][Se]c1c(C)noc1N. The van der Waals surface area contributed by atoms with Crippen LogP contribution in [-0.4, -0.2) is 36.6 Å². The molecule has 2 aromatic rings. The quantitative estimate of drug-likeness (QED) is 0.667. The summed E-state index contributed by atoms with van der Waals surface area (Å²) in [5.41, 5.74) is 13.1. The summed E-state index contributed by atoms with van der Waals surface area (Å²) in [6.45, 7) is 3.77. The second-order valence-electron chi connectivity index (χ2n) is 3.09. The van der Waals surface area contributed by atoms with Gasteiger partial charge in [-0.05, 0) is 0 Å². The Morgan fingerprint density at radius 1 is 0.875 bits per heavy atom. The van der Waals surface area contributed by atoms with Crippen molar-refractivity contribution in [2.24, 2.45) is 0 Å². The van der Waals surface area contributed by atoms with Gasteiger partial charge in [-0.25, -0.2) is 0 Å². The van der Waals surface area contributed by atoms with E-state index in [0.29, 0.717) is 11.8 Å². The maximum atomic E-state index is 5.68. The molecule has 0 aromatic carbocycles. The van der Waals surface area contributed by atoms with Gasteiger partial charge in [0.25, 0.3) is 0 Å². The zero-order chi connectivity index (χ0) is 11.7. The molecule has 0 amide bonds. The van der Waals surface area contributed by atoms with Gasteiger partial charge < -0.3 is 0 Å². The third-order valence-electron chi connectivity index (χ3n) is 1.87. The first-order chi connectivity index (χ1) is 7.59. The Bertz CT molecular complexity index is 423. The molecule has 0 aliphatic rings. The topological polar surface area (TPSA) is 104 Å². The first-order valence-electron chi connectivity index (χ1n) is 4.37. The van der Waals surface area contributed by atoms with E-state index in [9.17, 15) is 0 Å². The Kier molecular flexibility index (Phi) is 3.25. The average Bonchev–Trinajstić information content (AvgIpc) is 2.72. The van der Waals surface area contributed by atoms with Gasteiger partial charge in [0, 0.05) is 0 Å². The molecule has 0 saturated carbocycles. The van der Waals surface area contributed by atoms with E-state index in [0.717, 1.165) is 20.3 Å². The van der Waals surface area contributed by atoms with Crippen molar-refractivity contribution in [3.8, 4) is 0 Å². The van der Waals surface area contributed by atoms with Crippen LogP contribution in [0.5, 0.6) is 0 Å². The number of rotatable bonds is 3. The summed E-state index contributed by atoms with van der Waals surface area (Å²) in [4.78, 5) is 0. The summed E-state index contributed by atoms with van der Waals surface area (Å²) in [7, 11) is 0. The summed E-state index contributed by atoms with van der Waals surface area (Å²) in [5, 5.41) is 7.63. The van der Waals surface area contributed by atoms with Crippen molar-refractivity contribution in [2.45, 2.75) is 13.8 Å². The molecule has 0 radical (unpaired) electrons. The van der Waals surface area contributed by atoms with E-state index in [1.807, 2.05) is 13.8 Å². The monoisotopic (exact) mass is 354 g/mol. The Labute approximate surface area is 103 Å². The normalized spacial score (nSPS) is 10.9. The summed E-state index contributed by atoms with van der Waals surface area (Å²) >= 11 is 0.372. The van der Waals surface area contributed by atoms with Crippen LogP contribution in [0.15, 0.2) is 9.05 Å². The van der Waals surface area contributed by atoms with Gasteiger partial charge in [0.05, 0.1) is 0 Å². The van der Waals surface area contributed by atoms with E-state index in [1.165, 1.54) is 0 Å². The van der Waals surface area contributed by atoms with Crippen LogP contribution in [-0.2, 0) is 0 Å². The van der Waals surface area contributed by atoms with Gasteiger partial charge in [-0.15, -0.1) is 0 Å². The van der Waals surface area contributed by atoms with E-state index >= 15 is 0 Å². The van der Waals surface area contributed by atoms with Gasteiger partial charge in [0.15, 0.2) is 0 Å². The van der Waals surface area contributed by atoms with Gasteiger partial charge in [-0.1, -0.05) is 0 Å². The predicted octanol–water partition coefficient (Wildman–Crippen LogP) is -1.28. The van der Waals surface area contributed by atoms with E-state index < -0.39 is 0 Å². The van der Waals surface area contributed by atoms with Crippen molar-refractivity contribution in [1.29, 1.82) is 0 Å². The van der Waals surface area contributed by atoms with Crippen LogP contribution >= 0.6 is 0 Å². The Morgan fingerprint density at radius 3 is 1.50 bits per heavy atom. The third-order valence-corrected chi connectivity index (χ3v) is 9.38. The van der Waals surface area contributed by atoms with Crippen molar-refractivity contribution in [3.05, 3.63) is 11.4 Å². The van der Waals surface area contributed by atoms with Gasteiger partial charge in [-0.2, -0.15) is 0 Å². The molecular formula is C8H10N4O2Se2. The first-order valence-corrected chi connectivity index (χ1v) is 10.4. The molecule has 0 atom stereocenters. The van der Waals surface area contributed by atoms with Gasteiger partial charge in [0.1, 0.15) is 0 Å². The van der Waals surface area contributed by atoms with Crippen molar-refractivity contribution < 1.29 is 9.05 Å². The third kappa shape index (κ3) is 2.10. The molecule has 2 aromatic heterocycles. The standard InChI is InChI=1S/C8H10N4O2Se2/c1-3-5(7(9)13-11-3)15-16-6-4(2)12-14-8(6)10/h9-10H2,1-2H3. The number of hydrogen-bond donors (Lipinski definition) is 2. The molecule has 6 nitrogen and oxygen atoms in total. The first kappa shape index (κ1) is 11.5. The van der Waals surface area contributed by atoms with Crippen molar-refractivity contribution >= 4 is 47.0 Å². The Morgan fingerprint density at radius 2 is 1.25 bits per heavy atom. The fraction of sp³-hybridized carbons (Fsp3) is 0.250. The number of aryl methyl sites for hydroxylation is 2. The molecular weight excluding hydrogens is 342 g/mol. The Hall–Kier alpha value is -0.941. The predicted molar refractivity (Wildman–Crippen MR) is 62.1 cm³/mol. The van der Waals surface area contributed by atoms with Crippen molar-refractivity contribution in [1.82, 2.24) is 10.3 Å². The molecule has 2 heterocycles. The molecule has 8 heteroatoms. The molecule has 16 heavy (non-hydrogen) atoms. The second kappa shape index (κ2) is 4.51. The average molecular weight is 352 g/mol. The van der Waals surface area contributed by atoms with Gasteiger partial charge in [0.2, 0.25) is 0 Å². The number of hydrogen-bond acceptors (Lipinski definition) is 6. The van der Waals surface area contributed by atoms with Crippen LogP contribution in [0.25, 0.3) is 0 Å². The van der Waals surface area contributed by atoms with E-state index in [1.54, 1.807) is 0 Å². The van der Waals surface area contributed by atoms with Crippen LogP contribution in [0.1, 0.15) is 11.4 Å². The molecule has 4 N–H and O–H groups in total. The van der Waals surface area contributed by atoms with Crippen LogP contribution in [0.3, 0.4) is 0 Å². The number of nitrogens with two attached hydrogens (primary N) is 2. The van der Waals surface area contributed by atoms with E-state index in [4.69, 9.17) is 20.5 Å². The van der Waals surface area contributed by atoms with Crippen molar-refractivity contribution in [2.75, 3.05) is 11.5 Å². The Balaban J connectivity index is 2.14. The summed E-state index contributed by atoms with van der Waals surface area (Å²) in [6.07, 6.45) is 0. The number of nitrogens with zero attached hydrogens (tertiary/aromatic N) is 2. The number of aromatic nitrogens is 2. The number of anilines is 2. The molecule has 0 aliphatic carbocycles. The molecule has 0 bridgehead atoms. The zero-order valence-electron chi connectivity index (χ0n) is 8.68.